The van der Waals surface area contributed by atoms with Gasteiger partial charge in [-0.15, -0.1) is 0 Å². The first kappa shape index (κ1) is 13.4. The van der Waals surface area contributed by atoms with Crippen LogP contribution < -0.4 is 9.64 Å². The molecule has 2 aromatic rings. The quantitative estimate of drug-likeness (QED) is 0.807. The van der Waals surface area contributed by atoms with Crippen molar-refractivity contribution in [1.82, 2.24) is 0 Å². The molecule has 3 nitrogen and oxygen atoms in total. The number of hydrogen-bond donors (Lipinski definition) is 0. The number of nitrogens with zero attached hydrogens (tertiary/aromatic N) is 1. The van der Waals surface area contributed by atoms with E-state index in [0.717, 1.165) is 30.0 Å². The number of fused-ring (bicyclic) bond motifs is 1. The van der Waals surface area contributed by atoms with Crippen LogP contribution in [-0.2, 0) is 11.2 Å². The maximum Gasteiger partial charge on any atom is 0.251 e. The standard InChI is InChI=1S/C18H17NO2/c1-21-16-7-4-5-14(13-16)9-10-18(20)19-12-11-15-6-2-3-8-17(15)19/h2-10,13H,11-12H2,1H3/b10-9+. The number of para-hydroxylation sites is 1. The fourth-order valence-electron chi connectivity index (χ4n) is 2.57. The molecule has 0 aromatic heterocycles. The molecule has 0 fully saturated rings. The summed E-state index contributed by atoms with van der Waals surface area (Å²) in [6.45, 7) is 0.751. The first-order valence-corrected chi connectivity index (χ1v) is 6.99. The molecule has 0 unspecified atom stereocenters. The Labute approximate surface area is 124 Å². The summed E-state index contributed by atoms with van der Waals surface area (Å²) >= 11 is 0. The highest BCUT2D eigenvalue weighted by atomic mass is 16.5. The molecule has 3 rings (SSSR count). The molecule has 21 heavy (non-hydrogen) atoms. The van der Waals surface area contributed by atoms with Gasteiger partial charge in [0.05, 0.1) is 7.11 Å². The SMILES string of the molecule is COc1cccc(/C=C/C(=O)N2CCc3ccccc32)c1. The smallest absolute Gasteiger partial charge is 0.251 e. The molecule has 2 aromatic carbocycles. The average Bonchev–Trinajstić information content (AvgIpc) is 2.97. The Balaban J connectivity index is 1.76. The van der Waals surface area contributed by atoms with Crippen LogP contribution in [0.4, 0.5) is 5.69 Å². The van der Waals surface area contributed by atoms with E-state index in [0.29, 0.717) is 0 Å². The van der Waals surface area contributed by atoms with Crippen molar-refractivity contribution in [2.75, 3.05) is 18.6 Å². The van der Waals surface area contributed by atoms with Crippen molar-refractivity contribution in [3.8, 4) is 5.75 Å². The third-order valence-electron chi connectivity index (χ3n) is 3.67. The summed E-state index contributed by atoms with van der Waals surface area (Å²) in [6, 6.07) is 15.7. The lowest BCUT2D eigenvalue weighted by molar-refractivity contribution is -0.114. The Hall–Kier alpha value is -2.55. The maximum atomic E-state index is 12.3. The Morgan fingerprint density at radius 1 is 1.19 bits per heavy atom. The lowest BCUT2D eigenvalue weighted by atomic mass is 10.2. The molecular weight excluding hydrogens is 262 g/mol. The monoisotopic (exact) mass is 279 g/mol. The molecule has 0 atom stereocenters. The van der Waals surface area contributed by atoms with Crippen molar-refractivity contribution >= 4 is 17.7 Å². The number of amides is 1. The average molecular weight is 279 g/mol. The highest BCUT2D eigenvalue weighted by Crippen LogP contribution is 2.27. The van der Waals surface area contributed by atoms with Crippen molar-refractivity contribution in [1.29, 1.82) is 0 Å². The van der Waals surface area contributed by atoms with Gasteiger partial charge in [-0.2, -0.15) is 0 Å². The van der Waals surface area contributed by atoms with Gasteiger partial charge >= 0.3 is 0 Å². The van der Waals surface area contributed by atoms with E-state index < -0.39 is 0 Å². The van der Waals surface area contributed by atoms with E-state index in [2.05, 4.69) is 6.07 Å². The van der Waals surface area contributed by atoms with Crippen LogP contribution in [-0.4, -0.2) is 19.6 Å². The Morgan fingerprint density at radius 2 is 2.05 bits per heavy atom. The first-order chi connectivity index (χ1) is 10.3. The number of rotatable bonds is 3. The van der Waals surface area contributed by atoms with Crippen LogP contribution >= 0.6 is 0 Å². The summed E-state index contributed by atoms with van der Waals surface area (Å²) in [5.74, 6) is 0.805. The molecule has 0 bridgehead atoms. The second kappa shape index (κ2) is 5.83. The van der Waals surface area contributed by atoms with E-state index in [9.17, 15) is 4.79 Å². The molecule has 0 saturated heterocycles. The van der Waals surface area contributed by atoms with Gasteiger partial charge in [0, 0.05) is 18.3 Å². The predicted octanol–water partition coefficient (Wildman–Crippen LogP) is 3.30. The number of anilines is 1. The largest absolute Gasteiger partial charge is 0.497 e. The van der Waals surface area contributed by atoms with Crippen LogP contribution in [0, 0.1) is 0 Å². The summed E-state index contributed by atoms with van der Waals surface area (Å²) < 4.78 is 5.18. The fraction of sp³-hybridized carbons (Fsp3) is 0.167. The third-order valence-corrected chi connectivity index (χ3v) is 3.67. The highest BCUT2D eigenvalue weighted by molar-refractivity contribution is 6.05. The van der Waals surface area contributed by atoms with Crippen LogP contribution in [0.5, 0.6) is 5.75 Å². The van der Waals surface area contributed by atoms with E-state index in [4.69, 9.17) is 4.74 Å². The number of carbonyl (C=O) groups excluding carboxylic acids is 1. The molecule has 0 radical (unpaired) electrons. The zero-order chi connectivity index (χ0) is 14.7. The lowest BCUT2D eigenvalue weighted by Crippen LogP contribution is -2.26. The van der Waals surface area contributed by atoms with Crippen molar-refractivity contribution < 1.29 is 9.53 Å². The highest BCUT2D eigenvalue weighted by Gasteiger charge is 2.22. The van der Waals surface area contributed by atoms with Crippen LogP contribution in [0.15, 0.2) is 54.6 Å². The molecule has 106 valence electrons. The van der Waals surface area contributed by atoms with Gasteiger partial charge in [0.25, 0.3) is 5.91 Å². The number of carbonyl (C=O) groups is 1. The topological polar surface area (TPSA) is 29.5 Å². The normalized spacial score (nSPS) is 13.5. The maximum absolute atomic E-state index is 12.3. The van der Waals surface area contributed by atoms with E-state index in [-0.39, 0.29) is 5.91 Å². The molecule has 0 spiro atoms. The Morgan fingerprint density at radius 3 is 2.90 bits per heavy atom. The lowest BCUT2D eigenvalue weighted by Gasteiger charge is -2.14. The molecule has 0 aliphatic carbocycles. The van der Waals surface area contributed by atoms with Gasteiger partial charge < -0.3 is 9.64 Å². The van der Waals surface area contributed by atoms with Crippen LogP contribution in [0.25, 0.3) is 6.08 Å². The van der Waals surface area contributed by atoms with Gasteiger partial charge in [-0.3, -0.25) is 4.79 Å². The first-order valence-electron chi connectivity index (χ1n) is 6.99. The third kappa shape index (κ3) is 2.82. The minimum atomic E-state index is 0.0165. The minimum Gasteiger partial charge on any atom is -0.497 e. The number of ether oxygens (including phenoxy) is 1. The molecule has 0 saturated carbocycles. The van der Waals surface area contributed by atoms with Crippen molar-refractivity contribution in [2.24, 2.45) is 0 Å². The Kier molecular flexibility index (Phi) is 3.73. The zero-order valence-electron chi connectivity index (χ0n) is 12.0. The number of benzene rings is 2. The molecule has 1 aliphatic rings. The van der Waals surface area contributed by atoms with Gasteiger partial charge in [-0.25, -0.2) is 0 Å². The number of methoxy groups -OCH3 is 1. The minimum absolute atomic E-state index is 0.0165. The van der Waals surface area contributed by atoms with E-state index in [1.807, 2.05) is 53.4 Å². The second-order valence-corrected chi connectivity index (χ2v) is 4.98. The Bertz CT molecular complexity index is 691. The van der Waals surface area contributed by atoms with Crippen molar-refractivity contribution in [3.05, 3.63) is 65.7 Å². The molecule has 3 heteroatoms. The zero-order valence-corrected chi connectivity index (χ0v) is 12.0. The van der Waals surface area contributed by atoms with Gasteiger partial charge in [-0.1, -0.05) is 30.3 Å². The van der Waals surface area contributed by atoms with E-state index in [1.165, 1.54) is 5.56 Å². The van der Waals surface area contributed by atoms with Crippen molar-refractivity contribution in [2.45, 2.75) is 6.42 Å². The fourth-order valence-corrected chi connectivity index (χ4v) is 2.57. The number of hydrogen-bond acceptors (Lipinski definition) is 2. The van der Waals surface area contributed by atoms with Crippen LogP contribution in [0.3, 0.4) is 0 Å². The van der Waals surface area contributed by atoms with E-state index >= 15 is 0 Å². The summed E-state index contributed by atoms with van der Waals surface area (Å²) in [5.41, 5.74) is 3.22. The molecule has 1 amide bonds. The molecule has 1 aliphatic heterocycles. The van der Waals surface area contributed by atoms with Crippen LogP contribution in [0.2, 0.25) is 0 Å². The summed E-state index contributed by atoms with van der Waals surface area (Å²) in [6.07, 6.45) is 4.37. The summed E-state index contributed by atoms with van der Waals surface area (Å²) in [4.78, 5) is 14.2. The van der Waals surface area contributed by atoms with Gasteiger partial charge in [0.1, 0.15) is 5.75 Å². The van der Waals surface area contributed by atoms with Crippen molar-refractivity contribution in [3.63, 3.8) is 0 Å². The van der Waals surface area contributed by atoms with E-state index in [1.54, 1.807) is 13.2 Å². The predicted molar refractivity (Wildman–Crippen MR) is 84.5 cm³/mol. The van der Waals surface area contributed by atoms with Gasteiger partial charge in [0.15, 0.2) is 0 Å². The molecular formula is C18H17NO2. The summed E-state index contributed by atoms with van der Waals surface area (Å²) in [5, 5.41) is 0. The second-order valence-electron chi connectivity index (χ2n) is 4.98. The summed E-state index contributed by atoms with van der Waals surface area (Å²) in [7, 11) is 1.63. The molecule has 0 N–H and O–H groups in total. The van der Waals surface area contributed by atoms with Gasteiger partial charge in [0.2, 0.25) is 0 Å². The van der Waals surface area contributed by atoms with Crippen LogP contribution in [0.1, 0.15) is 11.1 Å². The molecule has 1 heterocycles. The van der Waals surface area contributed by atoms with Gasteiger partial charge in [-0.05, 0) is 41.8 Å².